The zero-order chi connectivity index (χ0) is 12.6. The van der Waals surface area contributed by atoms with Crippen LogP contribution in [-0.4, -0.2) is 14.6 Å². The Morgan fingerprint density at radius 3 is 2.47 bits per heavy atom. The molecule has 0 unspecified atom stereocenters. The van der Waals surface area contributed by atoms with Crippen molar-refractivity contribution in [2.45, 2.75) is 12.9 Å². The van der Waals surface area contributed by atoms with E-state index in [2.05, 4.69) is 10.1 Å². The largest absolute Gasteiger partial charge is 0.280 e. The summed E-state index contributed by atoms with van der Waals surface area (Å²) in [6.45, 7) is 0. The van der Waals surface area contributed by atoms with Gasteiger partial charge in [-0.1, -0.05) is 0 Å². The van der Waals surface area contributed by atoms with Gasteiger partial charge in [-0.25, -0.2) is 27.1 Å². The second-order valence-electron chi connectivity index (χ2n) is 3.11. The summed E-state index contributed by atoms with van der Waals surface area (Å²) < 4.78 is 50.9. The van der Waals surface area contributed by atoms with Gasteiger partial charge in [-0.05, 0) is 6.07 Å². The Hall–Kier alpha value is -2.17. The maximum atomic E-state index is 12.6. The normalized spacial score (nSPS) is 11.4. The van der Waals surface area contributed by atoms with Crippen molar-refractivity contribution in [3.05, 3.63) is 29.2 Å². The summed E-state index contributed by atoms with van der Waals surface area (Å²) in [5, 5.41) is 12.2. The lowest BCUT2D eigenvalue weighted by molar-refractivity contribution is 0.135. The minimum absolute atomic E-state index is 0.130. The van der Waals surface area contributed by atoms with Crippen LogP contribution in [0.3, 0.4) is 0 Å². The summed E-state index contributed by atoms with van der Waals surface area (Å²) in [6, 6.07) is 2.23. The number of hydrogen-bond acceptors (Lipinski definition) is 3. The predicted molar refractivity (Wildman–Crippen MR) is 47.6 cm³/mol. The molecule has 0 radical (unpaired) electrons. The summed E-state index contributed by atoms with van der Waals surface area (Å²) >= 11 is 0. The highest BCUT2D eigenvalue weighted by atomic mass is 19.3. The van der Waals surface area contributed by atoms with E-state index in [9.17, 15) is 17.6 Å². The molecule has 2 aromatic heterocycles. The van der Waals surface area contributed by atoms with Crippen molar-refractivity contribution in [2.75, 3.05) is 0 Å². The van der Waals surface area contributed by atoms with E-state index in [1.54, 1.807) is 6.07 Å². The maximum Gasteiger partial charge on any atom is 0.280 e. The number of rotatable bonds is 2. The standard InChI is InChI=1S/C9H4F4N4/c10-7(11)5-1-6(8(12)13)17-9(16-5)4(2-14)3-15-17/h1,3,7-8H. The number of aromatic nitrogens is 3. The lowest BCUT2D eigenvalue weighted by Crippen LogP contribution is -2.04. The van der Waals surface area contributed by atoms with Crippen LogP contribution in [-0.2, 0) is 0 Å². The Bertz CT molecular complexity index is 599. The Morgan fingerprint density at radius 2 is 1.94 bits per heavy atom. The van der Waals surface area contributed by atoms with Gasteiger partial charge in [0, 0.05) is 0 Å². The van der Waals surface area contributed by atoms with E-state index in [1.165, 1.54) is 0 Å². The van der Waals surface area contributed by atoms with Gasteiger partial charge in [0.1, 0.15) is 23.0 Å². The third kappa shape index (κ3) is 1.80. The third-order valence-electron chi connectivity index (χ3n) is 2.09. The van der Waals surface area contributed by atoms with Gasteiger partial charge in [-0.3, -0.25) is 0 Å². The van der Waals surface area contributed by atoms with E-state index in [-0.39, 0.29) is 11.2 Å². The molecular formula is C9H4F4N4. The fraction of sp³-hybridized carbons (Fsp3) is 0.222. The summed E-state index contributed by atoms with van der Waals surface area (Å²) in [6.07, 6.45) is -4.97. The van der Waals surface area contributed by atoms with Gasteiger partial charge >= 0.3 is 0 Å². The average Bonchev–Trinajstić information content (AvgIpc) is 2.69. The second-order valence-corrected chi connectivity index (χ2v) is 3.11. The molecule has 2 rings (SSSR count). The summed E-state index contributed by atoms with van der Waals surface area (Å²) in [7, 11) is 0. The van der Waals surface area contributed by atoms with E-state index in [0.29, 0.717) is 10.6 Å². The van der Waals surface area contributed by atoms with Crippen LogP contribution in [0.2, 0.25) is 0 Å². The van der Waals surface area contributed by atoms with E-state index in [0.717, 1.165) is 6.20 Å². The Labute approximate surface area is 92.1 Å². The summed E-state index contributed by atoms with van der Waals surface area (Å²) in [5.74, 6) is 0. The molecule has 0 saturated carbocycles. The molecule has 0 bridgehead atoms. The highest BCUT2D eigenvalue weighted by Crippen LogP contribution is 2.25. The van der Waals surface area contributed by atoms with Crippen LogP contribution in [0, 0.1) is 11.3 Å². The first kappa shape index (κ1) is 11.3. The van der Waals surface area contributed by atoms with Crippen LogP contribution in [0.4, 0.5) is 17.6 Å². The quantitative estimate of drug-likeness (QED) is 0.762. The Morgan fingerprint density at radius 1 is 1.24 bits per heavy atom. The van der Waals surface area contributed by atoms with Crippen LogP contribution in [0.1, 0.15) is 29.8 Å². The van der Waals surface area contributed by atoms with Gasteiger partial charge in [0.25, 0.3) is 12.9 Å². The number of fused-ring (bicyclic) bond motifs is 1. The topological polar surface area (TPSA) is 54.0 Å². The average molecular weight is 244 g/mol. The van der Waals surface area contributed by atoms with Crippen molar-refractivity contribution in [3.8, 4) is 6.07 Å². The van der Waals surface area contributed by atoms with Crippen LogP contribution in [0.5, 0.6) is 0 Å². The Kier molecular flexibility index (Phi) is 2.67. The molecule has 0 saturated heterocycles. The van der Waals surface area contributed by atoms with Crippen molar-refractivity contribution >= 4 is 5.65 Å². The molecule has 0 aliphatic rings. The molecule has 0 fully saturated rings. The monoisotopic (exact) mass is 244 g/mol. The number of alkyl halides is 4. The zero-order valence-corrected chi connectivity index (χ0v) is 8.11. The van der Waals surface area contributed by atoms with E-state index >= 15 is 0 Å². The molecule has 4 nitrogen and oxygen atoms in total. The third-order valence-corrected chi connectivity index (χ3v) is 2.09. The molecule has 0 atom stereocenters. The van der Waals surface area contributed by atoms with Crippen LogP contribution < -0.4 is 0 Å². The van der Waals surface area contributed by atoms with Crippen molar-refractivity contribution in [3.63, 3.8) is 0 Å². The van der Waals surface area contributed by atoms with E-state index in [4.69, 9.17) is 5.26 Å². The van der Waals surface area contributed by atoms with E-state index in [1.807, 2.05) is 0 Å². The molecule has 2 aromatic rings. The van der Waals surface area contributed by atoms with Gasteiger partial charge in [0.15, 0.2) is 5.65 Å². The molecule has 8 heteroatoms. The molecule has 0 aromatic carbocycles. The first-order valence-corrected chi connectivity index (χ1v) is 4.39. The first-order chi connectivity index (χ1) is 8.04. The Balaban J connectivity index is 2.80. The molecule has 0 amide bonds. The second kappa shape index (κ2) is 4.01. The van der Waals surface area contributed by atoms with Gasteiger partial charge in [0.05, 0.1) is 6.20 Å². The molecule has 0 aliphatic heterocycles. The minimum Gasteiger partial charge on any atom is -0.226 e. The highest BCUT2D eigenvalue weighted by molar-refractivity contribution is 5.55. The number of hydrogen-bond donors (Lipinski definition) is 0. The van der Waals surface area contributed by atoms with Gasteiger partial charge < -0.3 is 0 Å². The molecule has 88 valence electrons. The van der Waals surface area contributed by atoms with Gasteiger partial charge in [0.2, 0.25) is 0 Å². The lowest BCUT2D eigenvalue weighted by atomic mass is 10.3. The number of halogens is 4. The van der Waals surface area contributed by atoms with Gasteiger partial charge in [-0.2, -0.15) is 10.4 Å². The SMILES string of the molecule is N#Cc1cnn2c(C(F)F)cc(C(F)F)nc12. The van der Waals surface area contributed by atoms with Crippen molar-refractivity contribution in [2.24, 2.45) is 0 Å². The molecule has 0 aliphatic carbocycles. The molecule has 17 heavy (non-hydrogen) atoms. The predicted octanol–water partition coefficient (Wildman–Crippen LogP) is 2.48. The smallest absolute Gasteiger partial charge is 0.226 e. The summed E-state index contributed by atoms with van der Waals surface area (Å²) in [5.41, 5.74) is -1.94. The van der Waals surface area contributed by atoms with Crippen molar-refractivity contribution in [1.82, 2.24) is 14.6 Å². The van der Waals surface area contributed by atoms with Crippen molar-refractivity contribution in [1.29, 1.82) is 5.26 Å². The van der Waals surface area contributed by atoms with E-state index < -0.39 is 24.2 Å². The lowest BCUT2D eigenvalue weighted by Gasteiger charge is -2.06. The van der Waals surface area contributed by atoms with Crippen molar-refractivity contribution < 1.29 is 17.6 Å². The fourth-order valence-electron chi connectivity index (χ4n) is 1.35. The number of nitriles is 1. The first-order valence-electron chi connectivity index (χ1n) is 4.39. The highest BCUT2D eigenvalue weighted by Gasteiger charge is 2.21. The number of nitrogens with zero attached hydrogens (tertiary/aromatic N) is 4. The fourth-order valence-corrected chi connectivity index (χ4v) is 1.35. The molecular weight excluding hydrogens is 240 g/mol. The van der Waals surface area contributed by atoms with Gasteiger partial charge in [-0.15, -0.1) is 0 Å². The zero-order valence-electron chi connectivity index (χ0n) is 8.11. The molecule has 2 heterocycles. The van der Waals surface area contributed by atoms with Crippen LogP contribution in [0.15, 0.2) is 12.3 Å². The van der Waals surface area contributed by atoms with Crippen LogP contribution in [0.25, 0.3) is 5.65 Å². The molecule has 0 N–H and O–H groups in total. The summed E-state index contributed by atoms with van der Waals surface area (Å²) in [4.78, 5) is 3.44. The maximum absolute atomic E-state index is 12.6. The van der Waals surface area contributed by atoms with Crippen LogP contribution >= 0.6 is 0 Å². The minimum atomic E-state index is -2.99. The molecule has 0 spiro atoms.